The largest absolute Gasteiger partial charge is 0.347 e. The van der Waals surface area contributed by atoms with Gasteiger partial charge in [0.2, 0.25) is 0 Å². The van der Waals surface area contributed by atoms with Crippen molar-refractivity contribution in [2.75, 3.05) is 0 Å². The van der Waals surface area contributed by atoms with Crippen molar-refractivity contribution in [3.63, 3.8) is 0 Å². The molecule has 4 nitrogen and oxygen atoms in total. The number of carbonyl (C=O) groups is 1. The Morgan fingerprint density at radius 1 is 1.53 bits per heavy atom. The van der Waals surface area contributed by atoms with Gasteiger partial charge in [0.15, 0.2) is 0 Å². The predicted molar refractivity (Wildman–Crippen MR) is 66.0 cm³/mol. The van der Waals surface area contributed by atoms with Crippen LogP contribution in [0.4, 0.5) is 0 Å². The molecule has 0 saturated heterocycles. The molecule has 1 fully saturated rings. The van der Waals surface area contributed by atoms with Crippen LogP contribution in [0.15, 0.2) is 23.1 Å². The van der Waals surface area contributed by atoms with Crippen molar-refractivity contribution in [2.45, 2.75) is 38.1 Å². The van der Waals surface area contributed by atoms with E-state index in [1.807, 2.05) is 0 Å². The number of hydrogen-bond acceptors (Lipinski definition) is 2. The quantitative estimate of drug-likeness (QED) is 0.860. The van der Waals surface area contributed by atoms with E-state index in [-0.39, 0.29) is 17.0 Å². The zero-order chi connectivity index (χ0) is 12.5. The average Bonchev–Trinajstić information content (AvgIpc) is 2.27. The third-order valence-corrected chi connectivity index (χ3v) is 3.73. The smallest absolute Gasteiger partial charge is 0.251 e. The number of carbonyl (C=O) groups excluding carboxylic acids is 1. The summed E-state index contributed by atoms with van der Waals surface area (Å²) in [4.78, 5) is 23.5. The molecular weight excluding hydrogens is 216 g/mol. The van der Waals surface area contributed by atoms with Gasteiger partial charge in [-0.3, -0.25) is 9.59 Å². The molecule has 0 atom stereocenters. The van der Waals surface area contributed by atoms with Crippen molar-refractivity contribution in [3.05, 3.63) is 34.2 Å². The monoisotopic (exact) mass is 234 g/mol. The van der Waals surface area contributed by atoms with Gasteiger partial charge in [-0.2, -0.15) is 0 Å². The first-order valence-electron chi connectivity index (χ1n) is 6.05. The highest BCUT2D eigenvalue weighted by molar-refractivity contribution is 5.94. The Kier molecular flexibility index (Phi) is 3.05. The van der Waals surface area contributed by atoms with Crippen molar-refractivity contribution < 1.29 is 4.79 Å². The average molecular weight is 234 g/mol. The molecule has 4 heteroatoms. The number of aryl methyl sites for hydroxylation is 1. The molecule has 1 N–H and O–H groups in total. The van der Waals surface area contributed by atoms with E-state index in [1.54, 1.807) is 19.3 Å². The molecule has 2 rings (SSSR count). The number of rotatable bonds is 3. The predicted octanol–water partition coefficient (Wildman–Crippen LogP) is 1.45. The summed E-state index contributed by atoms with van der Waals surface area (Å²) in [5, 5.41) is 3.06. The first-order chi connectivity index (χ1) is 8.06. The van der Waals surface area contributed by atoms with E-state index < -0.39 is 0 Å². The van der Waals surface area contributed by atoms with E-state index in [2.05, 4.69) is 12.2 Å². The van der Waals surface area contributed by atoms with Crippen LogP contribution in [0.25, 0.3) is 0 Å². The van der Waals surface area contributed by atoms with Gasteiger partial charge in [-0.15, -0.1) is 0 Å². The van der Waals surface area contributed by atoms with Crippen LogP contribution in [-0.2, 0) is 7.05 Å². The van der Waals surface area contributed by atoms with Gasteiger partial charge in [-0.25, -0.2) is 0 Å². The van der Waals surface area contributed by atoms with Crippen LogP contribution in [0.3, 0.4) is 0 Å². The number of nitrogens with one attached hydrogen (secondary N) is 1. The molecule has 1 heterocycles. The van der Waals surface area contributed by atoms with E-state index >= 15 is 0 Å². The second-order valence-corrected chi connectivity index (χ2v) is 4.81. The van der Waals surface area contributed by atoms with E-state index in [1.165, 1.54) is 17.1 Å². The van der Waals surface area contributed by atoms with Crippen LogP contribution in [0, 0.1) is 0 Å². The van der Waals surface area contributed by atoms with Crippen LogP contribution in [0.2, 0.25) is 0 Å². The molecular formula is C13H18N2O2. The molecule has 1 aromatic heterocycles. The number of amides is 1. The first kappa shape index (κ1) is 11.9. The molecule has 92 valence electrons. The Labute approximate surface area is 101 Å². The second-order valence-electron chi connectivity index (χ2n) is 4.81. The fourth-order valence-electron chi connectivity index (χ4n) is 2.17. The standard InChI is InChI=1S/C13H18N2O2/c1-3-13(6-4-7-13)14-12(17)10-5-8-15(2)11(16)9-10/h5,8-9H,3-4,6-7H2,1-2H3,(H,14,17). The molecule has 17 heavy (non-hydrogen) atoms. The molecule has 0 radical (unpaired) electrons. The van der Waals surface area contributed by atoms with Crippen molar-refractivity contribution in [1.29, 1.82) is 0 Å². The van der Waals surface area contributed by atoms with E-state index in [9.17, 15) is 9.59 Å². The second kappa shape index (κ2) is 4.35. The van der Waals surface area contributed by atoms with Gasteiger partial charge in [0, 0.05) is 30.4 Å². The van der Waals surface area contributed by atoms with Crippen molar-refractivity contribution in [2.24, 2.45) is 7.05 Å². The third kappa shape index (κ3) is 2.25. The Morgan fingerprint density at radius 3 is 2.71 bits per heavy atom. The van der Waals surface area contributed by atoms with E-state index in [4.69, 9.17) is 0 Å². The van der Waals surface area contributed by atoms with Gasteiger partial charge in [0.25, 0.3) is 11.5 Å². The lowest BCUT2D eigenvalue weighted by molar-refractivity contribution is 0.0820. The summed E-state index contributed by atoms with van der Waals surface area (Å²) in [6.07, 6.45) is 5.82. The molecule has 0 bridgehead atoms. The normalized spacial score (nSPS) is 17.3. The fourth-order valence-corrected chi connectivity index (χ4v) is 2.17. The molecule has 1 aliphatic carbocycles. The number of aromatic nitrogens is 1. The van der Waals surface area contributed by atoms with Gasteiger partial charge in [-0.1, -0.05) is 6.92 Å². The summed E-state index contributed by atoms with van der Waals surface area (Å²) in [6, 6.07) is 3.07. The summed E-state index contributed by atoms with van der Waals surface area (Å²) in [5.74, 6) is -0.135. The lowest BCUT2D eigenvalue weighted by Gasteiger charge is -2.42. The number of pyridine rings is 1. The highest BCUT2D eigenvalue weighted by Gasteiger charge is 2.36. The van der Waals surface area contributed by atoms with Crippen LogP contribution in [0.5, 0.6) is 0 Å². The van der Waals surface area contributed by atoms with Crippen LogP contribution < -0.4 is 10.9 Å². The van der Waals surface area contributed by atoms with Crippen molar-refractivity contribution in [1.82, 2.24) is 9.88 Å². The third-order valence-electron chi connectivity index (χ3n) is 3.73. The summed E-state index contributed by atoms with van der Waals surface area (Å²) >= 11 is 0. The maximum atomic E-state index is 12.0. The first-order valence-corrected chi connectivity index (χ1v) is 6.05. The Morgan fingerprint density at radius 2 is 2.24 bits per heavy atom. The van der Waals surface area contributed by atoms with Gasteiger partial charge >= 0.3 is 0 Å². The molecule has 0 spiro atoms. The summed E-state index contributed by atoms with van der Waals surface area (Å²) in [5.41, 5.74) is 0.266. The molecule has 0 aromatic carbocycles. The van der Waals surface area contributed by atoms with Crippen LogP contribution in [-0.4, -0.2) is 16.0 Å². The summed E-state index contributed by atoms with van der Waals surface area (Å²) in [6.45, 7) is 2.09. The van der Waals surface area contributed by atoms with Gasteiger partial charge in [0.05, 0.1) is 0 Å². The molecule has 0 aliphatic heterocycles. The maximum absolute atomic E-state index is 12.0. The highest BCUT2D eigenvalue weighted by Crippen LogP contribution is 2.34. The van der Waals surface area contributed by atoms with Crippen molar-refractivity contribution in [3.8, 4) is 0 Å². The van der Waals surface area contributed by atoms with Gasteiger partial charge < -0.3 is 9.88 Å². The van der Waals surface area contributed by atoms with E-state index in [0.717, 1.165) is 19.3 Å². The molecule has 1 saturated carbocycles. The lowest BCUT2D eigenvalue weighted by atomic mass is 9.74. The van der Waals surface area contributed by atoms with Crippen LogP contribution in [0.1, 0.15) is 43.0 Å². The Hall–Kier alpha value is -1.58. The minimum Gasteiger partial charge on any atom is -0.347 e. The highest BCUT2D eigenvalue weighted by atomic mass is 16.2. The zero-order valence-corrected chi connectivity index (χ0v) is 10.3. The minimum atomic E-state index is -0.156. The molecule has 1 aromatic rings. The zero-order valence-electron chi connectivity index (χ0n) is 10.3. The SMILES string of the molecule is CCC1(NC(=O)c2ccn(C)c(=O)c2)CCC1. The lowest BCUT2D eigenvalue weighted by Crippen LogP contribution is -2.53. The summed E-state index contributed by atoms with van der Waals surface area (Å²) < 4.78 is 1.45. The fraction of sp³-hybridized carbons (Fsp3) is 0.538. The summed E-state index contributed by atoms with van der Waals surface area (Å²) in [7, 11) is 1.67. The van der Waals surface area contributed by atoms with Gasteiger partial charge in [-0.05, 0) is 31.7 Å². The Bertz CT molecular complexity index is 481. The van der Waals surface area contributed by atoms with Gasteiger partial charge in [0.1, 0.15) is 0 Å². The van der Waals surface area contributed by atoms with Crippen molar-refractivity contribution >= 4 is 5.91 Å². The molecule has 1 amide bonds. The Balaban J connectivity index is 2.14. The van der Waals surface area contributed by atoms with Crippen LogP contribution >= 0.6 is 0 Å². The number of hydrogen-bond donors (Lipinski definition) is 1. The topological polar surface area (TPSA) is 51.1 Å². The molecule has 1 aliphatic rings. The minimum absolute atomic E-state index is 0.0296. The number of nitrogens with zero attached hydrogens (tertiary/aromatic N) is 1. The maximum Gasteiger partial charge on any atom is 0.251 e. The van der Waals surface area contributed by atoms with E-state index in [0.29, 0.717) is 5.56 Å². The molecule has 0 unspecified atom stereocenters.